The first-order valence-corrected chi connectivity index (χ1v) is 9.26. The SMILES string of the molecule is COC(=O)[C@H]1C2CCC(CC2)[C@@H]1Nc1nc(Cl)nc(SC)c1F. The van der Waals surface area contributed by atoms with E-state index in [0.29, 0.717) is 5.92 Å². The third-order valence-electron chi connectivity index (χ3n) is 4.98. The van der Waals surface area contributed by atoms with E-state index >= 15 is 0 Å². The van der Waals surface area contributed by atoms with E-state index in [9.17, 15) is 9.18 Å². The first-order valence-electron chi connectivity index (χ1n) is 7.66. The second-order valence-electron chi connectivity index (χ2n) is 6.06. The summed E-state index contributed by atoms with van der Waals surface area (Å²) < 4.78 is 19.5. The van der Waals surface area contributed by atoms with Crippen LogP contribution in [0.3, 0.4) is 0 Å². The average Bonchev–Trinajstić information content (AvgIpc) is 2.58. The molecular weight excluding hydrogens is 341 g/mol. The van der Waals surface area contributed by atoms with Gasteiger partial charge in [0, 0.05) is 6.04 Å². The number of halogens is 2. The molecular formula is C15H19ClFN3O2S. The van der Waals surface area contributed by atoms with Gasteiger partial charge < -0.3 is 10.1 Å². The molecule has 2 atom stereocenters. The number of esters is 1. The Hall–Kier alpha value is -1.08. The van der Waals surface area contributed by atoms with E-state index in [-0.39, 0.29) is 40.0 Å². The monoisotopic (exact) mass is 359 g/mol. The minimum absolute atomic E-state index is 0.00571. The summed E-state index contributed by atoms with van der Waals surface area (Å²) in [6, 6.07) is -0.176. The van der Waals surface area contributed by atoms with Gasteiger partial charge in [-0.05, 0) is 55.4 Å². The molecule has 3 aliphatic rings. The second-order valence-corrected chi connectivity index (χ2v) is 7.19. The molecule has 0 amide bonds. The van der Waals surface area contributed by atoms with Gasteiger partial charge in [0.05, 0.1) is 13.0 Å². The molecule has 3 aliphatic carbocycles. The standard InChI is InChI=1S/C15H19ClFN3O2S/c1-22-14(21)9-7-3-5-8(6-4-7)11(9)18-12-10(17)13(23-2)20-15(16)19-12/h7-9,11H,3-6H2,1-2H3,(H,18,19,20)/t7?,8?,9-,11-/m0/s1. The molecule has 5 nitrogen and oxygen atoms in total. The molecule has 0 saturated heterocycles. The van der Waals surface area contributed by atoms with Gasteiger partial charge in [0.1, 0.15) is 5.03 Å². The van der Waals surface area contributed by atoms with Crippen LogP contribution in [0, 0.1) is 23.6 Å². The highest BCUT2D eigenvalue weighted by Gasteiger charge is 2.48. The maximum Gasteiger partial charge on any atom is 0.311 e. The van der Waals surface area contributed by atoms with Crippen LogP contribution in [-0.2, 0) is 9.53 Å². The van der Waals surface area contributed by atoms with Crippen molar-refractivity contribution >= 4 is 35.1 Å². The lowest BCUT2D eigenvalue weighted by Crippen LogP contribution is -2.52. The van der Waals surface area contributed by atoms with Gasteiger partial charge in [-0.2, -0.15) is 9.37 Å². The molecule has 23 heavy (non-hydrogen) atoms. The number of nitrogens with one attached hydrogen (secondary N) is 1. The molecule has 0 unspecified atom stereocenters. The summed E-state index contributed by atoms with van der Waals surface area (Å²) in [5.74, 6) is -0.353. The third-order valence-corrected chi connectivity index (χ3v) is 5.81. The number of nitrogens with zero attached hydrogens (tertiary/aromatic N) is 2. The second kappa shape index (κ2) is 6.81. The lowest BCUT2D eigenvalue weighted by atomic mass is 9.61. The van der Waals surface area contributed by atoms with E-state index in [1.165, 1.54) is 18.9 Å². The van der Waals surface area contributed by atoms with Gasteiger partial charge in [-0.25, -0.2) is 4.98 Å². The zero-order valence-electron chi connectivity index (χ0n) is 13.0. The fourth-order valence-electron chi connectivity index (χ4n) is 3.92. The highest BCUT2D eigenvalue weighted by atomic mass is 35.5. The normalized spacial score (nSPS) is 29.4. The fourth-order valence-corrected chi connectivity index (χ4v) is 4.59. The molecule has 126 valence electrons. The summed E-state index contributed by atoms with van der Waals surface area (Å²) in [5.41, 5.74) is 0. The Bertz CT molecular complexity index is 611. The number of thioether (sulfide) groups is 1. The summed E-state index contributed by atoms with van der Waals surface area (Å²) in [7, 11) is 1.40. The van der Waals surface area contributed by atoms with Gasteiger partial charge >= 0.3 is 5.97 Å². The molecule has 0 spiro atoms. The van der Waals surface area contributed by atoms with Gasteiger partial charge in [0.25, 0.3) is 0 Å². The van der Waals surface area contributed by atoms with Crippen LogP contribution in [0.2, 0.25) is 5.28 Å². The Morgan fingerprint density at radius 3 is 2.57 bits per heavy atom. The van der Waals surface area contributed by atoms with E-state index < -0.39 is 5.82 Å². The van der Waals surface area contributed by atoms with Gasteiger partial charge in [-0.3, -0.25) is 4.79 Å². The van der Waals surface area contributed by atoms with E-state index in [1.54, 1.807) is 6.26 Å². The van der Waals surface area contributed by atoms with Gasteiger partial charge in [-0.1, -0.05) is 0 Å². The molecule has 0 aliphatic heterocycles. The zero-order valence-corrected chi connectivity index (χ0v) is 14.6. The first-order chi connectivity index (χ1) is 11.0. The number of anilines is 1. The highest BCUT2D eigenvalue weighted by molar-refractivity contribution is 7.98. The van der Waals surface area contributed by atoms with Crippen LogP contribution in [0.1, 0.15) is 25.7 Å². The highest BCUT2D eigenvalue weighted by Crippen LogP contribution is 2.46. The van der Waals surface area contributed by atoms with Crippen molar-refractivity contribution in [2.45, 2.75) is 36.8 Å². The van der Waals surface area contributed by atoms with Gasteiger partial charge in [-0.15, -0.1) is 11.8 Å². The van der Waals surface area contributed by atoms with Crippen molar-refractivity contribution in [2.24, 2.45) is 17.8 Å². The number of ether oxygens (including phenoxy) is 1. The third kappa shape index (κ3) is 3.13. The number of methoxy groups -OCH3 is 1. The molecule has 1 N–H and O–H groups in total. The Kier molecular flexibility index (Phi) is 4.96. The van der Waals surface area contributed by atoms with Crippen LogP contribution in [0.4, 0.5) is 10.2 Å². The van der Waals surface area contributed by atoms with Crippen molar-refractivity contribution in [3.05, 3.63) is 11.1 Å². The Balaban J connectivity index is 1.91. The van der Waals surface area contributed by atoms with E-state index in [2.05, 4.69) is 15.3 Å². The number of hydrogen-bond donors (Lipinski definition) is 1. The molecule has 1 aromatic heterocycles. The van der Waals surface area contributed by atoms with Crippen LogP contribution in [-0.4, -0.2) is 35.3 Å². The topological polar surface area (TPSA) is 64.1 Å². The van der Waals surface area contributed by atoms with Crippen molar-refractivity contribution in [3.8, 4) is 0 Å². The summed E-state index contributed by atoms with van der Waals surface area (Å²) in [6.45, 7) is 0. The van der Waals surface area contributed by atoms with Crippen molar-refractivity contribution < 1.29 is 13.9 Å². The number of aromatic nitrogens is 2. The van der Waals surface area contributed by atoms with Crippen LogP contribution < -0.4 is 5.32 Å². The molecule has 8 heteroatoms. The van der Waals surface area contributed by atoms with Crippen LogP contribution in [0.15, 0.2) is 5.03 Å². The maximum atomic E-state index is 14.5. The number of hydrogen-bond acceptors (Lipinski definition) is 6. The predicted molar refractivity (Wildman–Crippen MR) is 87.1 cm³/mol. The Morgan fingerprint density at radius 2 is 1.96 bits per heavy atom. The molecule has 2 bridgehead atoms. The molecule has 0 radical (unpaired) electrons. The molecule has 3 saturated carbocycles. The molecule has 1 heterocycles. The largest absolute Gasteiger partial charge is 0.469 e. The summed E-state index contributed by atoms with van der Waals surface area (Å²) in [6.07, 6.45) is 5.83. The van der Waals surface area contributed by atoms with E-state index in [0.717, 1.165) is 25.7 Å². The zero-order chi connectivity index (χ0) is 16.6. The Labute approximate surface area is 143 Å². The van der Waals surface area contributed by atoms with Gasteiger partial charge in [0.2, 0.25) is 5.28 Å². The predicted octanol–water partition coefficient (Wildman–Crippen LogP) is 3.38. The average molecular weight is 360 g/mol. The quantitative estimate of drug-likeness (QED) is 0.385. The van der Waals surface area contributed by atoms with Crippen molar-refractivity contribution in [1.29, 1.82) is 0 Å². The first kappa shape index (κ1) is 16.8. The van der Waals surface area contributed by atoms with Crippen molar-refractivity contribution in [2.75, 3.05) is 18.7 Å². The van der Waals surface area contributed by atoms with Crippen LogP contribution in [0.5, 0.6) is 0 Å². The fraction of sp³-hybridized carbons (Fsp3) is 0.667. The molecule has 3 fully saturated rings. The number of fused-ring (bicyclic) bond motifs is 3. The summed E-state index contributed by atoms with van der Waals surface area (Å²) in [4.78, 5) is 20.1. The number of carbonyl (C=O) groups excluding carboxylic acids is 1. The minimum atomic E-state index is -0.521. The smallest absolute Gasteiger partial charge is 0.311 e. The molecule has 1 aromatic rings. The lowest BCUT2D eigenvalue weighted by molar-refractivity contribution is -0.152. The van der Waals surface area contributed by atoms with Crippen LogP contribution in [0.25, 0.3) is 0 Å². The number of rotatable bonds is 4. The molecule has 0 aromatic carbocycles. The summed E-state index contributed by atoms with van der Waals surface area (Å²) >= 11 is 7.06. The van der Waals surface area contributed by atoms with Crippen molar-refractivity contribution in [3.63, 3.8) is 0 Å². The summed E-state index contributed by atoms with van der Waals surface area (Å²) in [5, 5.41) is 3.33. The van der Waals surface area contributed by atoms with E-state index in [1.807, 2.05) is 0 Å². The number of carbonyl (C=O) groups is 1. The van der Waals surface area contributed by atoms with Crippen molar-refractivity contribution in [1.82, 2.24) is 9.97 Å². The van der Waals surface area contributed by atoms with Crippen LogP contribution >= 0.6 is 23.4 Å². The Morgan fingerprint density at radius 1 is 1.30 bits per heavy atom. The molecule has 4 rings (SSSR count). The minimum Gasteiger partial charge on any atom is -0.469 e. The van der Waals surface area contributed by atoms with Gasteiger partial charge in [0.15, 0.2) is 11.6 Å². The van der Waals surface area contributed by atoms with E-state index in [4.69, 9.17) is 16.3 Å². The maximum absolute atomic E-state index is 14.5. The lowest BCUT2D eigenvalue weighted by Gasteiger charge is -2.47.